The standard InChI is InChI=1S/C9H17NO5S/c1-3-14-9(11)7-5-10-6-8(7)16(12,13)15-4-2/h7-8,10H,3-6H2,1-2H3. The molecular weight excluding hydrogens is 234 g/mol. The Labute approximate surface area is 95.4 Å². The van der Waals surface area contributed by atoms with Crippen LogP contribution in [-0.4, -0.2) is 45.9 Å². The normalized spacial score (nSPS) is 25.6. The summed E-state index contributed by atoms with van der Waals surface area (Å²) in [4.78, 5) is 11.5. The number of rotatable bonds is 5. The van der Waals surface area contributed by atoms with Gasteiger partial charge in [0.2, 0.25) is 0 Å². The van der Waals surface area contributed by atoms with Crippen LogP contribution in [0.5, 0.6) is 0 Å². The summed E-state index contributed by atoms with van der Waals surface area (Å²) in [5.41, 5.74) is 0. The largest absolute Gasteiger partial charge is 0.466 e. The second-order valence-electron chi connectivity index (χ2n) is 3.45. The summed E-state index contributed by atoms with van der Waals surface area (Å²) in [5, 5.41) is 2.03. The van der Waals surface area contributed by atoms with Gasteiger partial charge >= 0.3 is 5.97 Å². The van der Waals surface area contributed by atoms with E-state index in [-0.39, 0.29) is 19.8 Å². The van der Waals surface area contributed by atoms with Crippen LogP contribution in [-0.2, 0) is 23.8 Å². The Balaban J connectivity index is 2.76. The number of ether oxygens (including phenoxy) is 1. The zero-order valence-corrected chi connectivity index (χ0v) is 10.2. The molecule has 1 aliphatic rings. The predicted octanol–water partition coefficient (Wildman–Crippen LogP) is -0.496. The van der Waals surface area contributed by atoms with E-state index in [2.05, 4.69) is 5.32 Å². The third-order valence-corrected chi connectivity index (χ3v) is 4.20. The average Bonchev–Trinajstić information content (AvgIpc) is 2.66. The zero-order valence-electron chi connectivity index (χ0n) is 9.43. The molecule has 1 rings (SSSR count). The smallest absolute Gasteiger partial charge is 0.311 e. The van der Waals surface area contributed by atoms with Crippen LogP contribution in [0.15, 0.2) is 0 Å². The van der Waals surface area contributed by atoms with E-state index in [1.807, 2.05) is 0 Å². The number of nitrogens with one attached hydrogen (secondary N) is 1. The van der Waals surface area contributed by atoms with E-state index in [0.717, 1.165) is 0 Å². The average molecular weight is 251 g/mol. The molecule has 0 radical (unpaired) electrons. The first-order valence-corrected chi connectivity index (χ1v) is 6.75. The summed E-state index contributed by atoms with van der Waals surface area (Å²) in [5.74, 6) is -1.16. The Bertz CT molecular complexity index is 340. The van der Waals surface area contributed by atoms with Gasteiger partial charge in [-0.3, -0.25) is 8.98 Å². The lowest BCUT2D eigenvalue weighted by atomic mass is 10.1. The second-order valence-corrected chi connectivity index (χ2v) is 5.28. The molecule has 94 valence electrons. The van der Waals surface area contributed by atoms with E-state index in [0.29, 0.717) is 6.54 Å². The Morgan fingerprint density at radius 2 is 2.00 bits per heavy atom. The molecule has 2 unspecified atom stereocenters. The van der Waals surface area contributed by atoms with E-state index in [1.165, 1.54) is 0 Å². The predicted molar refractivity (Wildman–Crippen MR) is 57.3 cm³/mol. The van der Waals surface area contributed by atoms with Gasteiger partial charge in [0.05, 0.1) is 19.1 Å². The van der Waals surface area contributed by atoms with Crippen LogP contribution in [0.3, 0.4) is 0 Å². The molecule has 1 saturated heterocycles. The maximum Gasteiger partial charge on any atom is 0.311 e. The van der Waals surface area contributed by atoms with Gasteiger partial charge in [0.15, 0.2) is 0 Å². The van der Waals surface area contributed by atoms with Gasteiger partial charge < -0.3 is 10.1 Å². The van der Waals surface area contributed by atoms with Gasteiger partial charge in [-0.25, -0.2) is 0 Å². The van der Waals surface area contributed by atoms with E-state index >= 15 is 0 Å². The van der Waals surface area contributed by atoms with Crippen molar-refractivity contribution in [3.8, 4) is 0 Å². The molecule has 0 saturated carbocycles. The van der Waals surface area contributed by atoms with Crippen molar-refractivity contribution in [3.63, 3.8) is 0 Å². The van der Waals surface area contributed by atoms with Crippen LogP contribution in [0.2, 0.25) is 0 Å². The van der Waals surface area contributed by atoms with Crippen LogP contribution in [0.1, 0.15) is 13.8 Å². The lowest BCUT2D eigenvalue weighted by molar-refractivity contribution is -0.147. The molecule has 0 bridgehead atoms. The summed E-state index contributed by atoms with van der Waals surface area (Å²) in [6.07, 6.45) is 0. The van der Waals surface area contributed by atoms with Crippen LogP contribution in [0.4, 0.5) is 0 Å². The maximum absolute atomic E-state index is 11.7. The summed E-state index contributed by atoms with van der Waals surface area (Å²) < 4.78 is 32.9. The van der Waals surface area contributed by atoms with Crippen molar-refractivity contribution in [3.05, 3.63) is 0 Å². The summed E-state index contributed by atoms with van der Waals surface area (Å²) in [6.45, 7) is 4.15. The number of hydrogen-bond donors (Lipinski definition) is 1. The number of esters is 1. The zero-order chi connectivity index (χ0) is 12.2. The minimum absolute atomic E-state index is 0.0778. The lowest BCUT2D eigenvalue weighted by Gasteiger charge is -2.16. The Morgan fingerprint density at radius 3 is 2.56 bits per heavy atom. The summed E-state index contributed by atoms with van der Waals surface area (Å²) in [7, 11) is -3.69. The molecule has 6 nitrogen and oxygen atoms in total. The fraction of sp³-hybridized carbons (Fsp3) is 0.889. The Hall–Kier alpha value is -0.660. The molecule has 0 amide bonds. The third kappa shape index (κ3) is 2.93. The first kappa shape index (κ1) is 13.4. The first-order chi connectivity index (χ1) is 7.53. The van der Waals surface area contributed by atoms with Crippen molar-refractivity contribution in [1.29, 1.82) is 0 Å². The molecule has 0 aliphatic carbocycles. The van der Waals surface area contributed by atoms with Gasteiger partial charge in [-0.05, 0) is 13.8 Å². The molecule has 16 heavy (non-hydrogen) atoms. The first-order valence-electron chi connectivity index (χ1n) is 5.28. The van der Waals surface area contributed by atoms with Crippen molar-refractivity contribution < 1.29 is 22.1 Å². The van der Waals surface area contributed by atoms with E-state index in [9.17, 15) is 13.2 Å². The van der Waals surface area contributed by atoms with Gasteiger partial charge in [0.1, 0.15) is 5.25 Å². The van der Waals surface area contributed by atoms with Crippen molar-refractivity contribution in [1.82, 2.24) is 5.32 Å². The lowest BCUT2D eigenvalue weighted by Crippen LogP contribution is -2.36. The molecule has 0 aromatic rings. The summed E-state index contributed by atoms with van der Waals surface area (Å²) in [6, 6.07) is 0. The van der Waals surface area contributed by atoms with Crippen LogP contribution < -0.4 is 5.32 Å². The molecular formula is C9H17NO5S. The van der Waals surface area contributed by atoms with Gasteiger partial charge in [0, 0.05) is 13.1 Å². The number of hydrogen-bond acceptors (Lipinski definition) is 6. The fourth-order valence-electron chi connectivity index (χ4n) is 1.69. The molecule has 2 atom stereocenters. The maximum atomic E-state index is 11.7. The highest BCUT2D eigenvalue weighted by Crippen LogP contribution is 2.20. The molecule has 0 aromatic carbocycles. The number of carbonyl (C=O) groups is 1. The van der Waals surface area contributed by atoms with E-state index in [1.54, 1.807) is 13.8 Å². The minimum Gasteiger partial charge on any atom is -0.466 e. The van der Waals surface area contributed by atoms with Gasteiger partial charge in [0.25, 0.3) is 10.1 Å². The van der Waals surface area contributed by atoms with Crippen LogP contribution in [0, 0.1) is 5.92 Å². The Kier molecular flexibility index (Phi) is 4.69. The van der Waals surface area contributed by atoms with Crippen molar-refractivity contribution in [2.75, 3.05) is 26.3 Å². The quantitative estimate of drug-likeness (QED) is 0.524. The molecule has 0 spiro atoms. The summed E-state index contributed by atoms with van der Waals surface area (Å²) >= 11 is 0. The van der Waals surface area contributed by atoms with Crippen LogP contribution in [0.25, 0.3) is 0 Å². The fourth-order valence-corrected chi connectivity index (χ4v) is 3.13. The Morgan fingerprint density at radius 1 is 1.31 bits per heavy atom. The molecule has 1 heterocycles. The highest BCUT2D eigenvalue weighted by molar-refractivity contribution is 7.87. The molecule has 7 heteroatoms. The second kappa shape index (κ2) is 5.60. The highest BCUT2D eigenvalue weighted by Gasteiger charge is 2.43. The van der Waals surface area contributed by atoms with Crippen molar-refractivity contribution >= 4 is 16.1 Å². The third-order valence-electron chi connectivity index (χ3n) is 2.40. The van der Waals surface area contributed by atoms with Gasteiger partial charge in [-0.15, -0.1) is 0 Å². The molecule has 1 aliphatic heterocycles. The van der Waals surface area contributed by atoms with E-state index in [4.69, 9.17) is 8.92 Å². The molecule has 1 N–H and O–H groups in total. The topological polar surface area (TPSA) is 81.7 Å². The minimum atomic E-state index is -3.69. The highest BCUT2D eigenvalue weighted by atomic mass is 32.2. The SMILES string of the molecule is CCOC(=O)C1CNCC1S(=O)(=O)OCC. The van der Waals surface area contributed by atoms with E-state index < -0.39 is 27.3 Å². The van der Waals surface area contributed by atoms with Crippen LogP contribution >= 0.6 is 0 Å². The van der Waals surface area contributed by atoms with Gasteiger partial charge in [-0.2, -0.15) is 8.42 Å². The number of carbonyl (C=O) groups excluding carboxylic acids is 1. The molecule has 0 aromatic heterocycles. The monoisotopic (exact) mass is 251 g/mol. The van der Waals surface area contributed by atoms with Crippen molar-refractivity contribution in [2.24, 2.45) is 5.92 Å². The molecule has 1 fully saturated rings. The van der Waals surface area contributed by atoms with Gasteiger partial charge in [-0.1, -0.05) is 0 Å². The van der Waals surface area contributed by atoms with Crippen molar-refractivity contribution in [2.45, 2.75) is 19.1 Å².